The van der Waals surface area contributed by atoms with Crippen molar-refractivity contribution in [3.8, 4) is 5.75 Å². The lowest BCUT2D eigenvalue weighted by atomic mass is 9.98. The maximum atomic E-state index is 13.3. The lowest BCUT2D eigenvalue weighted by Crippen LogP contribution is -2.31. The number of Topliss-reactive ketones (excluding diaryl/α,β-unsaturated/α-hetero) is 1. The molecule has 6 nitrogen and oxygen atoms in total. The van der Waals surface area contributed by atoms with E-state index in [0.29, 0.717) is 24.3 Å². The first-order chi connectivity index (χ1) is 16.9. The summed E-state index contributed by atoms with van der Waals surface area (Å²) in [4.78, 5) is 29.0. The SMILES string of the molecule is COc1ccc(C)cc1/C(O)=C1/C(=O)C(=O)N(CCc2cn(C)c3ccccc23)C1c1cccs1. The van der Waals surface area contributed by atoms with Gasteiger partial charge in [0, 0.05) is 35.6 Å². The molecule has 2 aromatic heterocycles. The van der Waals surface area contributed by atoms with E-state index in [1.165, 1.54) is 18.4 Å². The minimum atomic E-state index is -0.678. The molecule has 0 spiro atoms. The third kappa shape index (κ3) is 3.91. The van der Waals surface area contributed by atoms with Crippen LogP contribution in [-0.4, -0.2) is 39.9 Å². The smallest absolute Gasteiger partial charge is 0.295 e. The zero-order valence-electron chi connectivity index (χ0n) is 19.8. The van der Waals surface area contributed by atoms with Crippen LogP contribution in [0.5, 0.6) is 5.75 Å². The molecule has 0 bridgehead atoms. The van der Waals surface area contributed by atoms with Crippen molar-refractivity contribution in [3.05, 3.63) is 93.3 Å². The number of aliphatic hydroxyl groups is 1. The molecule has 1 amide bonds. The molecule has 35 heavy (non-hydrogen) atoms. The molecule has 1 unspecified atom stereocenters. The van der Waals surface area contributed by atoms with E-state index in [1.807, 2.05) is 49.7 Å². The molecular weight excluding hydrogens is 460 g/mol. The van der Waals surface area contributed by atoms with Crippen LogP contribution in [0, 0.1) is 6.92 Å². The summed E-state index contributed by atoms with van der Waals surface area (Å²) in [6.07, 6.45) is 2.66. The third-order valence-electron chi connectivity index (χ3n) is 6.56. The molecule has 1 aliphatic heterocycles. The summed E-state index contributed by atoms with van der Waals surface area (Å²) >= 11 is 1.46. The number of benzene rings is 2. The number of hydrogen-bond donors (Lipinski definition) is 1. The molecule has 1 atom stereocenters. The maximum Gasteiger partial charge on any atom is 0.295 e. The largest absolute Gasteiger partial charge is 0.507 e. The number of ketones is 1. The molecule has 7 heteroatoms. The fraction of sp³-hybridized carbons (Fsp3) is 0.214. The lowest BCUT2D eigenvalue weighted by molar-refractivity contribution is -0.139. The second-order valence-corrected chi connectivity index (χ2v) is 9.72. The number of hydrogen-bond acceptors (Lipinski definition) is 5. The lowest BCUT2D eigenvalue weighted by Gasteiger charge is -2.24. The van der Waals surface area contributed by atoms with Crippen molar-refractivity contribution in [2.24, 2.45) is 7.05 Å². The van der Waals surface area contributed by atoms with Gasteiger partial charge in [-0.1, -0.05) is 35.9 Å². The van der Waals surface area contributed by atoms with Gasteiger partial charge < -0.3 is 19.3 Å². The fourth-order valence-corrected chi connectivity index (χ4v) is 5.72. The molecule has 1 saturated heterocycles. The van der Waals surface area contributed by atoms with Gasteiger partial charge >= 0.3 is 0 Å². The van der Waals surface area contributed by atoms with Crippen LogP contribution in [0.15, 0.2) is 71.7 Å². The summed E-state index contributed by atoms with van der Waals surface area (Å²) in [6.45, 7) is 2.25. The Balaban J connectivity index is 1.57. The van der Waals surface area contributed by atoms with Crippen LogP contribution in [0.3, 0.4) is 0 Å². The van der Waals surface area contributed by atoms with E-state index in [1.54, 1.807) is 17.0 Å². The van der Waals surface area contributed by atoms with Crippen LogP contribution in [-0.2, 0) is 23.1 Å². The van der Waals surface area contributed by atoms with E-state index in [9.17, 15) is 14.7 Å². The van der Waals surface area contributed by atoms with Gasteiger partial charge in [-0.05, 0) is 48.6 Å². The number of para-hydroxylation sites is 1. The summed E-state index contributed by atoms with van der Waals surface area (Å²) < 4.78 is 7.51. The first-order valence-corrected chi connectivity index (χ1v) is 12.3. The van der Waals surface area contributed by atoms with Crippen LogP contribution in [0.1, 0.15) is 27.6 Å². The van der Waals surface area contributed by atoms with Gasteiger partial charge in [0.1, 0.15) is 11.5 Å². The summed E-state index contributed by atoms with van der Waals surface area (Å²) in [6, 6.07) is 16.6. The molecular formula is C28H26N2O4S. The molecule has 0 radical (unpaired) electrons. The van der Waals surface area contributed by atoms with Gasteiger partial charge in [-0.15, -0.1) is 11.3 Å². The first-order valence-electron chi connectivity index (χ1n) is 11.4. The number of aliphatic hydroxyl groups excluding tert-OH is 1. The quantitative estimate of drug-likeness (QED) is 0.230. The average molecular weight is 487 g/mol. The number of likely N-dealkylation sites (tertiary alicyclic amines) is 1. The fourth-order valence-electron chi connectivity index (χ4n) is 4.87. The Morgan fingerprint density at radius 3 is 2.66 bits per heavy atom. The van der Waals surface area contributed by atoms with Gasteiger partial charge in [0.15, 0.2) is 0 Å². The number of nitrogens with zero attached hydrogens (tertiary/aromatic N) is 2. The number of rotatable bonds is 6. The van der Waals surface area contributed by atoms with Crippen LogP contribution in [0.2, 0.25) is 0 Å². The normalized spacial score (nSPS) is 17.5. The number of amides is 1. The van der Waals surface area contributed by atoms with Crippen molar-refractivity contribution >= 4 is 39.7 Å². The molecule has 1 fully saturated rings. The van der Waals surface area contributed by atoms with E-state index in [-0.39, 0.29) is 11.3 Å². The van der Waals surface area contributed by atoms with Crippen molar-refractivity contribution in [1.82, 2.24) is 9.47 Å². The predicted molar refractivity (Wildman–Crippen MR) is 138 cm³/mol. The average Bonchev–Trinajstić information content (AvgIpc) is 3.56. The molecule has 5 rings (SSSR count). The highest BCUT2D eigenvalue weighted by molar-refractivity contribution is 7.10. The number of methoxy groups -OCH3 is 1. The van der Waals surface area contributed by atoms with Crippen molar-refractivity contribution < 1.29 is 19.4 Å². The number of ether oxygens (including phenoxy) is 1. The van der Waals surface area contributed by atoms with Gasteiger partial charge in [0.2, 0.25) is 0 Å². The summed E-state index contributed by atoms with van der Waals surface area (Å²) in [7, 11) is 3.51. The number of thiophene rings is 1. The molecule has 0 saturated carbocycles. The Morgan fingerprint density at radius 2 is 1.91 bits per heavy atom. The van der Waals surface area contributed by atoms with Gasteiger partial charge in [-0.25, -0.2) is 0 Å². The monoisotopic (exact) mass is 486 g/mol. The van der Waals surface area contributed by atoms with E-state index in [4.69, 9.17) is 4.74 Å². The summed E-state index contributed by atoms with van der Waals surface area (Å²) in [5.41, 5.74) is 3.63. The van der Waals surface area contributed by atoms with E-state index >= 15 is 0 Å². The van der Waals surface area contributed by atoms with Crippen LogP contribution < -0.4 is 4.74 Å². The Morgan fingerprint density at radius 1 is 1.11 bits per heavy atom. The van der Waals surface area contributed by atoms with Gasteiger partial charge in [-0.2, -0.15) is 0 Å². The van der Waals surface area contributed by atoms with E-state index in [2.05, 4.69) is 22.9 Å². The van der Waals surface area contributed by atoms with Crippen LogP contribution in [0.4, 0.5) is 0 Å². The molecule has 1 N–H and O–H groups in total. The van der Waals surface area contributed by atoms with Crippen molar-refractivity contribution in [3.63, 3.8) is 0 Å². The number of aromatic nitrogens is 1. The molecule has 3 heterocycles. The molecule has 0 aliphatic carbocycles. The molecule has 4 aromatic rings. The Hall–Kier alpha value is -3.84. The highest BCUT2D eigenvalue weighted by Gasteiger charge is 2.46. The zero-order valence-corrected chi connectivity index (χ0v) is 20.6. The van der Waals surface area contributed by atoms with Gasteiger partial charge in [0.25, 0.3) is 11.7 Å². The number of carbonyl (C=O) groups is 2. The number of fused-ring (bicyclic) bond motifs is 1. The van der Waals surface area contributed by atoms with Crippen molar-refractivity contribution in [1.29, 1.82) is 0 Å². The Bertz CT molecular complexity index is 1470. The van der Waals surface area contributed by atoms with Crippen LogP contribution in [0.25, 0.3) is 16.7 Å². The summed E-state index contributed by atoms with van der Waals surface area (Å²) in [5, 5.41) is 14.4. The van der Waals surface area contributed by atoms with Crippen molar-refractivity contribution in [2.75, 3.05) is 13.7 Å². The standard InChI is InChI=1S/C28H26N2O4S/c1-17-10-11-22(34-3)20(15-17)26(31)24-25(23-9-6-14-35-23)30(28(33)27(24)32)13-12-18-16-29(2)21-8-5-4-7-19(18)21/h4-11,14-16,25,31H,12-13H2,1-3H3/b26-24-. The number of carbonyl (C=O) groups excluding carboxylic acids is 2. The van der Waals surface area contributed by atoms with E-state index in [0.717, 1.165) is 26.9 Å². The predicted octanol–water partition coefficient (Wildman–Crippen LogP) is 5.22. The van der Waals surface area contributed by atoms with Crippen molar-refractivity contribution in [2.45, 2.75) is 19.4 Å². The third-order valence-corrected chi connectivity index (χ3v) is 7.49. The van der Waals surface area contributed by atoms with Gasteiger partial charge in [0.05, 0.1) is 24.3 Å². The highest BCUT2D eigenvalue weighted by Crippen LogP contribution is 2.42. The number of aryl methyl sites for hydroxylation is 2. The maximum absolute atomic E-state index is 13.3. The second kappa shape index (κ2) is 9.07. The second-order valence-electron chi connectivity index (χ2n) is 8.74. The van der Waals surface area contributed by atoms with Crippen LogP contribution >= 0.6 is 11.3 Å². The molecule has 2 aromatic carbocycles. The molecule has 1 aliphatic rings. The minimum absolute atomic E-state index is 0.0965. The molecule has 178 valence electrons. The topological polar surface area (TPSA) is 71.8 Å². The Labute approximate surface area is 207 Å². The summed E-state index contributed by atoms with van der Waals surface area (Å²) in [5.74, 6) is -1.05. The zero-order chi connectivity index (χ0) is 24.7. The first kappa shape index (κ1) is 22.9. The highest BCUT2D eigenvalue weighted by atomic mass is 32.1. The van der Waals surface area contributed by atoms with Gasteiger partial charge in [-0.3, -0.25) is 9.59 Å². The minimum Gasteiger partial charge on any atom is -0.507 e. The van der Waals surface area contributed by atoms with E-state index < -0.39 is 17.7 Å². The Kier molecular flexibility index (Phi) is 5.94.